The molecule has 2 saturated heterocycles. The summed E-state index contributed by atoms with van der Waals surface area (Å²) in [4.78, 5) is 22.9. The van der Waals surface area contributed by atoms with E-state index in [-0.39, 0.29) is 18.6 Å². The molecule has 24 heavy (non-hydrogen) atoms. The topological polar surface area (TPSA) is 83.1 Å². The molecule has 7 heteroatoms. The van der Waals surface area contributed by atoms with E-state index in [0.29, 0.717) is 6.61 Å². The Balaban J connectivity index is 1.79. The van der Waals surface area contributed by atoms with Crippen molar-refractivity contribution in [3.8, 4) is 0 Å². The van der Waals surface area contributed by atoms with Crippen LogP contribution in [0, 0.1) is 0 Å². The van der Waals surface area contributed by atoms with Crippen molar-refractivity contribution in [3.63, 3.8) is 0 Å². The molecule has 0 aliphatic carbocycles. The van der Waals surface area contributed by atoms with E-state index in [4.69, 9.17) is 18.9 Å². The van der Waals surface area contributed by atoms with Crippen LogP contribution in [0.5, 0.6) is 0 Å². The molecule has 0 radical (unpaired) electrons. The summed E-state index contributed by atoms with van der Waals surface area (Å²) in [6.07, 6.45) is -2.05. The largest absolute Gasteiger partial charge is 0.457 e. The maximum atomic E-state index is 11.5. The Bertz CT molecular complexity index is 592. The number of ether oxygens (including phenoxy) is 4. The molecular formula is C17H21NO6. The molecule has 2 aliphatic rings. The SMILES string of the molecule is CC(=O)N[C@H]1CO[C@@H]2COC(c3ccccc3)O[C@H]2[C@@H]1OC(C)=O. The minimum Gasteiger partial charge on any atom is -0.457 e. The van der Waals surface area contributed by atoms with Gasteiger partial charge < -0.3 is 24.3 Å². The van der Waals surface area contributed by atoms with E-state index in [0.717, 1.165) is 5.56 Å². The van der Waals surface area contributed by atoms with Crippen LogP contribution >= 0.6 is 0 Å². The second kappa shape index (κ2) is 7.29. The van der Waals surface area contributed by atoms with E-state index in [2.05, 4.69) is 5.32 Å². The third-order valence-corrected chi connectivity index (χ3v) is 4.03. The van der Waals surface area contributed by atoms with Crippen molar-refractivity contribution in [2.45, 2.75) is 44.5 Å². The molecular weight excluding hydrogens is 314 g/mol. The zero-order valence-electron chi connectivity index (χ0n) is 13.6. The summed E-state index contributed by atoms with van der Waals surface area (Å²) in [7, 11) is 0. The number of benzene rings is 1. The first-order chi connectivity index (χ1) is 11.5. The van der Waals surface area contributed by atoms with Crippen LogP contribution in [0.3, 0.4) is 0 Å². The standard InChI is InChI=1S/C17H21NO6/c1-10(19)18-13-8-21-14-9-22-17(12-6-4-3-5-7-12)24-16(14)15(13)23-11(2)20/h3-7,13-17H,8-9H2,1-2H3,(H,18,19)/t13-,14+,15+,16+,17?/m0/s1. The lowest BCUT2D eigenvalue weighted by Gasteiger charge is -2.45. The molecule has 5 atom stereocenters. The van der Waals surface area contributed by atoms with Crippen LogP contribution in [-0.4, -0.2) is 49.4 Å². The van der Waals surface area contributed by atoms with Crippen LogP contribution in [-0.2, 0) is 28.5 Å². The molecule has 130 valence electrons. The van der Waals surface area contributed by atoms with Crippen molar-refractivity contribution in [2.24, 2.45) is 0 Å². The lowest BCUT2D eigenvalue weighted by atomic mass is 9.96. The lowest BCUT2D eigenvalue weighted by Crippen LogP contribution is -2.63. The Kier molecular flexibility index (Phi) is 5.13. The normalized spacial score (nSPS) is 32.5. The summed E-state index contributed by atoms with van der Waals surface area (Å²) in [5.74, 6) is -0.645. The number of carbonyl (C=O) groups is 2. The van der Waals surface area contributed by atoms with Crippen LogP contribution in [0.15, 0.2) is 30.3 Å². The molecule has 2 heterocycles. The zero-order valence-corrected chi connectivity index (χ0v) is 13.6. The Morgan fingerprint density at radius 3 is 2.54 bits per heavy atom. The fourth-order valence-electron chi connectivity index (χ4n) is 3.04. The first-order valence-corrected chi connectivity index (χ1v) is 7.92. The minimum atomic E-state index is -0.625. The van der Waals surface area contributed by atoms with Crippen molar-refractivity contribution in [2.75, 3.05) is 13.2 Å². The molecule has 1 aromatic carbocycles. The van der Waals surface area contributed by atoms with Crippen molar-refractivity contribution >= 4 is 11.9 Å². The molecule has 7 nitrogen and oxygen atoms in total. The number of carbonyl (C=O) groups excluding carboxylic acids is 2. The second-order valence-electron chi connectivity index (χ2n) is 5.93. The molecule has 3 rings (SSSR count). The van der Waals surface area contributed by atoms with Crippen molar-refractivity contribution in [3.05, 3.63) is 35.9 Å². The number of nitrogens with one attached hydrogen (secondary N) is 1. The van der Waals surface area contributed by atoms with Crippen molar-refractivity contribution < 1.29 is 28.5 Å². The van der Waals surface area contributed by atoms with Crippen LogP contribution in [0.4, 0.5) is 0 Å². The van der Waals surface area contributed by atoms with Gasteiger partial charge in [-0.2, -0.15) is 0 Å². The van der Waals surface area contributed by atoms with Crippen molar-refractivity contribution in [1.29, 1.82) is 0 Å². The van der Waals surface area contributed by atoms with Crippen LogP contribution in [0.25, 0.3) is 0 Å². The number of rotatable bonds is 3. The molecule has 1 unspecified atom stereocenters. The van der Waals surface area contributed by atoms with Gasteiger partial charge in [0.1, 0.15) is 12.2 Å². The predicted octanol–water partition coefficient (Wildman–Crippen LogP) is 0.936. The molecule has 1 aromatic rings. The quantitative estimate of drug-likeness (QED) is 0.828. The van der Waals surface area contributed by atoms with Crippen LogP contribution in [0.1, 0.15) is 25.7 Å². The smallest absolute Gasteiger partial charge is 0.303 e. The van der Waals surface area contributed by atoms with Crippen LogP contribution < -0.4 is 5.32 Å². The van der Waals surface area contributed by atoms with Gasteiger partial charge >= 0.3 is 5.97 Å². The third kappa shape index (κ3) is 3.75. The van der Waals surface area contributed by atoms with Gasteiger partial charge in [0.15, 0.2) is 12.4 Å². The highest BCUT2D eigenvalue weighted by molar-refractivity contribution is 5.73. The highest BCUT2D eigenvalue weighted by Crippen LogP contribution is 2.33. The van der Waals surface area contributed by atoms with Gasteiger partial charge in [-0.25, -0.2) is 0 Å². The summed E-state index contributed by atoms with van der Waals surface area (Å²) in [6.45, 7) is 3.31. The maximum absolute atomic E-state index is 11.5. The van der Waals surface area contributed by atoms with E-state index < -0.39 is 30.5 Å². The van der Waals surface area contributed by atoms with Crippen molar-refractivity contribution in [1.82, 2.24) is 5.32 Å². The average Bonchev–Trinajstić information content (AvgIpc) is 2.56. The Hall–Kier alpha value is -1.96. The van der Waals surface area contributed by atoms with E-state index in [1.54, 1.807) is 0 Å². The fourth-order valence-corrected chi connectivity index (χ4v) is 3.04. The molecule has 2 aliphatic heterocycles. The monoisotopic (exact) mass is 335 g/mol. The number of hydrogen-bond donors (Lipinski definition) is 1. The molecule has 0 aromatic heterocycles. The van der Waals surface area contributed by atoms with E-state index in [9.17, 15) is 9.59 Å². The van der Waals surface area contributed by atoms with E-state index in [1.165, 1.54) is 13.8 Å². The summed E-state index contributed by atoms with van der Waals surface area (Å²) < 4.78 is 22.9. The first-order valence-electron chi connectivity index (χ1n) is 7.92. The third-order valence-electron chi connectivity index (χ3n) is 4.03. The Morgan fingerprint density at radius 1 is 1.12 bits per heavy atom. The summed E-state index contributed by atoms with van der Waals surface area (Å²) >= 11 is 0. The Morgan fingerprint density at radius 2 is 1.88 bits per heavy atom. The summed E-state index contributed by atoms with van der Waals surface area (Å²) in [6, 6.07) is 9.06. The molecule has 0 spiro atoms. The molecule has 2 fully saturated rings. The second-order valence-corrected chi connectivity index (χ2v) is 5.93. The van der Waals surface area contributed by atoms with Gasteiger partial charge in [-0.1, -0.05) is 30.3 Å². The minimum absolute atomic E-state index is 0.217. The average molecular weight is 335 g/mol. The molecule has 1 N–H and O–H groups in total. The van der Waals surface area contributed by atoms with Gasteiger partial charge in [0.05, 0.1) is 19.3 Å². The molecule has 1 amide bonds. The molecule has 0 saturated carbocycles. The maximum Gasteiger partial charge on any atom is 0.303 e. The van der Waals surface area contributed by atoms with Gasteiger partial charge in [-0.05, 0) is 0 Å². The van der Waals surface area contributed by atoms with Gasteiger partial charge in [0.25, 0.3) is 0 Å². The first kappa shape index (κ1) is 16.9. The van der Waals surface area contributed by atoms with Crippen LogP contribution in [0.2, 0.25) is 0 Å². The van der Waals surface area contributed by atoms with Gasteiger partial charge in [0.2, 0.25) is 5.91 Å². The predicted molar refractivity (Wildman–Crippen MR) is 82.9 cm³/mol. The lowest BCUT2D eigenvalue weighted by molar-refractivity contribution is -0.304. The summed E-state index contributed by atoms with van der Waals surface area (Å²) in [5, 5.41) is 2.76. The highest BCUT2D eigenvalue weighted by atomic mass is 16.7. The Labute approximate surface area is 140 Å². The van der Waals surface area contributed by atoms with E-state index >= 15 is 0 Å². The number of fused-ring (bicyclic) bond motifs is 1. The van der Waals surface area contributed by atoms with Gasteiger partial charge in [-0.15, -0.1) is 0 Å². The van der Waals surface area contributed by atoms with Gasteiger partial charge in [0, 0.05) is 19.4 Å². The number of hydrogen-bond acceptors (Lipinski definition) is 6. The van der Waals surface area contributed by atoms with Gasteiger partial charge in [-0.3, -0.25) is 9.59 Å². The number of esters is 1. The molecule has 0 bridgehead atoms. The summed E-state index contributed by atoms with van der Waals surface area (Å²) in [5.41, 5.74) is 0.874. The number of amides is 1. The fraction of sp³-hybridized carbons (Fsp3) is 0.529. The van der Waals surface area contributed by atoms with E-state index in [1.807, 2.05) is 30.3 Å². The zero-order chi connectivity index (χ0) is 17.1. The highest BCUT2D eigenvalue weighted by Gasteiger charge is 2.47.